The molecule has 0 aliphatic heterocycles. The lowest BCUT2D eigenvalue weighted by Crippen LogP contribution is -2.31. The number of aromatic nitrogens is 1. The van der Waals surface area contributed by atoms with Crippen molar-refractivity contribution >= 4 is 33.1 Å². The Labute approximate surface area is 103 Å². The lowest BCUT2D eigenvalue weighted by molar-refractivity contribution is -0.119. The minimum atomic E-state index is 0.0431. The van der Waals surface area contributed by atoms with Gasteiger partial charge in [0.1, 0.15) is 5.82 Å². The summed E-state index contributed by atoms with van der Waals surface area (Å²) in [7, 11) is 0. The van der Waals surface area contributed by atoms with Crippen molar-refractivity contribution in [3.8, 4) is 0 Å². The number of carbonyl (C=O) groups excluding carboxylic acids is 1. The molecule has 1 fully saturated rings. The van der Waals surface area contributed by atoms with Crippen LogP contribution >= 0.6 is 11.3 Å². The van der Waals surface area contributed by atoms with E-state index < -0.39 is 0 Å². The standard InChI is InChI=1S/C12H13N3OS/c16-11(15-8-1-2-8)7-14-12-9-4-6-17-10(9)3-5-13-12/h3-6,8H,1-2,7H2,(H,13,14)(H,15,16). The minimum Gasteiger partial charge on any atom is -0.360 e. The minimum absolute atomic E-state index is 0.0431. The molecule has 4 nitrogen and oxygen atoms in total. The van der Waals surface area contributed by atoms with E-state index in [4.69, 9.17) is 0 Å². The predicted octanol–water partition coefficient (Wildman–Crippen LogP) is 1.99. The highest BCUT2D eigenvalue weighted by atomic mass is 32.1. The first-order chi connectivity index (χ1) is 8.33. The van der Waals surface area contributed by atoms with Crippen molar-refractivity contribution in [2.24, 2.45) is 0 Å². The highest BCUT2D eigenvalue weighted by molar-refractivity contribution is 7.17. The van der Waals surface area contributed by atoms with Crippen LogP contribution < -0.4 is 10.6 Å². The van der Waals surface area contributed by atoms with Crippen molar-refractivity contribution < 1.29 is 4.79 Å². The van der Waals surface area contributed by atoms with Crippen molar-refractivity contribution in [1.29, 1.82) is 0 Å². The smallest absolute Gasteiger partial charge is 0.239 e. The summed E-state index contributed by atoms with van der Waals surface area (Å²) in [5.74, 6) is 0.830. The summed E-state index contributed by atoms with van der Waals surface area (Å²) in [6.07, 6.45) is 3.99. The number of nitrogens with zero attached hydrogens (tertiary/aromatic N) is 1. The van der Waals surface area contributed by atoms with Crippen LogP contribution in [-0.2, 0) is 4.79 Å². The second-order valence-electron chi connectivity index (χ2n) is 4.19. The number of fused-ring (bicyclic) bond motifs is 1. The molecule has 88 valence electrons. The van der Waals surface area contributed by atoms with E-state index >= 15 is 0 Å². The molecule has 0 radical (unpaired) electrons. The highest BCUT2D eigenvalue weighted by Crippen LogP contribution is 2.25. The van der Waals surface area contributed by atoms with Crippen LogP contribution in [0.15, 0.2) is 23.7 Å². The van der Waals surface area contributed by atoms with Crippen LogP contribution in [-0.4, -0.2) is 23.5 Å². The first-order valence-electron chi connectivity index (χ1n) is 5.68. The van der Waals surface area contributed by atoms with E-state index in [1.807, 2.05) is 17.5 Å². The van der Waals surface area contributed by atoms with Crippen LogP contribution in [0.3, 0.4) is 0 Å². The topological polar surface area (TPSA) is 54.0 Å². The van der Waals surface area contributed by atoms with Gasteiger partial charge in [-0.05, 0) is 30.4 Å². The molecule has 17 heavy (non-hydrogen) atoms. The summed E-state index contributed by atoms with van der Waals surface area (Å²) in [5, 5.41) is 9.14. The predicted molar refractivity (Wildman–Crippen MR) is 69.3 cm³/mol. The average molecular weight is 247 g/mol. The molecule has 5 heteroatoms. The number of thiophene rings is 1. The molecule has 1 aliphatic rings. The quantitative estimate of drug-likeness (QED) is 0.868. The third kappa shape index (κ3) is 2.39. The van der Waals surface area contributed by atoms with Crippen LogP contribution in [0.5, 0.6) is 0 Å². The number of rotatable bonds is 4. The number of hydrogen-bond donors (Lipinski definition) is 2. The monoisotopic (exact) mass is 247 g/mol. The van der Waals surface area contributed by atoms with E-state index in [-0.39, 0.29) is 5.91 Å². The fourth-order valence-corrected chi connectivity index (χ4v) is 2.49. The van der Waals surface area contributed by atoms with Gasteiger partial charge in [-0.15, -0.1) is 11.3 Å². The number of hydrogen-bond acceptors (Lipinski definition) is 4. The molecule has 2 aromatic rings. The van der Waals surface area contributed by atoms with Crippen LogP contribution in [0.25, 0.3) is 10.1 Å². The van der Waals surface area contributed by atoms with E-state index in [9.17, 15) is 4.79 Å². The molecule has 1 saturated carbocycles. The van der Waals surface area contributed by atoms with Gasteiger partial charge in [0.25, 0.3) is 0 Å². The normalized spacial score (nSPS) is 14.8. The maximum atomic E-state index is 11.5. The highest BCUT2D eigenvalue weighted by Gasteiger charge is 2.22. The molecule has 0 aromatic carbocycles. The first kappa shape index (κ1) is 10.5. The average Bonchev–Trinajstić information content (AvgIpc) is 3.00. The molecule has 1 amide bonds. The Hall–Kier alpha value is -1.62. The summed E-state index contributed by atoms with van der Waals surface area (Å²) < 4.78 is 1.19. The van der Waals surface area contributed by atoms with Crippen molar-refractivity contribution in [2.75, 3.05) is 11.9 Å². The van der Waals surface area contributed by atoms with Gasteiger partial charge in [-0.1, -0.05) is 0 Å². The summed E-state index contributed by atoms with van der Waals surface area (Å²) in [5.41, 5.74) is 0. The van der Waals surface area contributed by atoms with Crippen molar-refractivity contribution in [1.82, 2.24) is 10.3 Å². The second kappa shape index (κ2) is 4.33. The molecular weight excluding hydrogens is 234 g/mol. The van der Waals surface area contributed by atoms with Crippen LogP contribution in [0, 0.1) is 0 Å². The summed E-state index contributed by atoms with van der Waals surface area (Å²) >= 11 is 1.68. The zero-order chi connectivity index (χ0) is 11.7. The molecule has 0 spiro atoms. The van der Waals surface area contributed by atoms with E-state index in [1.54, 1.807) is 17.5 Å². The third-order valence-corrected chi connectivity index (χ3v) is 3.62. The Morgan fingerprint density at radius 2 is 2.35 bits per heavy atom. The van der Waals surface area contributed by atoms with E-state index in [1.165, 1.54) is 4.70 Å². The molecule has 0 unspecified atom stereocenters. The number of amides is 1. The van der Waals surface area contributed by atoms with Crippen molar-refractivity contribution in [2.45, 2.75) is 18.9 Å². The van der Waals surface area contributed by atoms with Crippen molar-refractivity contribution in [3.05, 3.63) is 23.7 Å². The van der Waals surface area contributed by atoms with Crippen LogP contribution in [0.4, 0.5) is 5.82 Å². The van der Waals surface area contributed by atoms with Gasteiger partial charge in [-0.25, -0.2) is 4.98 Å². The Bertz CT molecular complexity index is 547. The van der Waals surface area contributed by atoms with Gasteiger partial charge in [0, 0.05) is 22.3 Å². The molecule has 0 bridgehead atoms. The van der Waals surface area contributed by atoms with Crippen LogP contribution in [0.1, 0.15) is 12.8 Å². The zero-order valence-corrected chi connectivity index (χ0v) is 10.1. The summed E-state index contributed by atoms with van der Waals surface area (Å²) in [6, 6.07) is 4.41. The number of anilines is 1. The first-order valence-corrected chi connectivity index (χ1v) is 6.56. The van der Waals surface area contributed by atoms with E-state index in [2.05, 4.69) is 15.6 Å². The summed E-state index contributed by atoms with van der Waals surface area (Å²) in [6.45, 7) is 0.290. The Morgan fingerprint density at radius 3 is 3.18 bits per heavy atom. The van der Waals surface area contributed by atoms with E-state index in [0.717, 1.165) is 24.0 Å². The number of pyridine rings is 1. The van der Waals surface area contributed by atoms with Gasteiger partial charge < -0.3 is 10.6 Å². The van der Waals surface area contributed by atoms with Gasteiger partial charge in [0.15, 0.2) is 0 Å². The largest absolute Gasteiger partial charge is 0.360 e. The van der Waals surface area contributed by atoms with Gasteiger partial charge in [-0.3, -0.25) is 4.79 Å². The van der Waals surface area contributed by atoms with Crippen LogP contribution in [0.2, 0.25) is 0 Å². The lowest BCUT2D eigenvalue weighted by Gasteiger charge is -2.06. The summed E-state index contributed by atoms with van der Waals surface area (Å²) in [4.78, 5) is 15.8. The Balaban J connectivity index is 1.67. The molecule has 1 aliphatic carbocycles. The third-order valence-electron chi connectivity index (χ3n) is 2.74. The second-order valence-corrected chi connectivity index (χ2v) is 5.14. The molecule has 2 heterocycles. The fourth-order valence-electron chi connectivity index (χ4n) is 1.71. The molecule has 3 rings (SSSR count). The van der Waals surface area contributed by atoms with Gasteiger partial charge >= 0.3 is 0 Å². The number of carbonyl (C=O) groups is 1. The fraction of sp³-hybridized carbons (Fsp3) is 0.333. The Kier molecular flexibility index (Phi) is 2.68. The number of nitrogens with one attached hydrogen (secondary N) is 2. The zero-order valence-electron chi connectivity index (χ0n) is 9.27. The molecule has 0 saturated heterocycles. The van der Waals surface area contributed by atoms with Gasteiger partial charge in [0.05, 0.1) is 6.54 Å². The molecule has 2 aromatic heterocycles. The Morgan fingerprint density at radius 1 is 1.47 bits per heavy atom. The van der Waals surface area contributed by atoms with Gasteiger partial charge in [0.2, 0.25) is 5.91 Å². The molecular formula is C12H13N3OS. The molecule has 2 N–H and O–H groups in total. The van der Waals surface area contributed by atoms with Gasteiger partial charge in [-0.2, -0.15) is 0 Å². The SMILES string of the molecule is O=C(CNc1nccc2sccc12)NC1CC1. The van der Waals surface area contributed by atoms with Crippen molar-refractivity contribution in [3.63, 3.8) is 0 Å². The maximum absolute atomic E-state index is 11.5. The lowest BCUT2D eigenvalue weighted by atomic mass is 10.3. The van der Waals surface area contributed by atoms with E-state index in [0.29, 0.717) is 12.6 Å². The molecule has 0 atom stereocenters. The maximum Gasteiger partial charge on any atom is 0.239 e.